The van der Waals surface area contributed by atoms with Gasteiger partial charge in [-0.05, 0) is 52.9 Å². The zero-order valence-corrected chi connectivity index (χ0v) is 18.5. The fourth-order valence-corrected chi connectivity index (χ4v) is 4.65. The zero-order chi connectivity index (χ0) is 20.8. The molecule has 160 valence electrons. The molecule has 0 atom stereocenters. The zero-order valence-electron chi connectivity index (χ0n) is 17.7. The number of halogens is 1. The summed E-state index contributed by atoms with van der Waals surface area (Å²) in [5.74, 6) is 0. The first-order valence-corrected chi connectivity index (χ1v) is 10.3. The van der Waals surface area contributed by atoms with E-state index in [1.807, 2.05) is 43.5 Å². The van der Waals surface area contributed by atoms with Gasteiger partial charge in [0.1, 0.15) is 0 Å². The van der Waals surface area contributed by atoms with Crippen LogP contribution in [0.4, 0.5) is 0 Å². The van der Waals surface area contributed by atoms with Crippen molar-refractivity contribution < 1.29 is 5.11 Å². The monoisotopic (exact) mass is 435 g/mol. The Labute approximate surface area is 187 Å². The lowest BCUT2D eigenvalue weighted by molar-refractivity contribution is 0.282. The average Bonchev–Trinajstić information content (AvgIpc) is 3.05. The van der Waals surface area contributed by atoms with Crippen LogP contribution in [0.3, 0.4) is 0 Å². The number of rotatable bonds is 3. The molecule has 0 fully saturated rings. The molecule has 1 aliphatic heterocycles. The Morgan fingerprint density at radius 3 is 2.68 bits per heavy atom. The van der Waals surface area contributed by atoms with Crippen molar-refractivity contribution in [2.75, 3.05) is 6.54 Å². The molecule has 5 nitrogen and oxygen atoms in total. The van der Waals surface area contributed by atoms with E-state index in [0.29, 0.717) is 0 Å². The van der Waals surface area contributed by atoms with Gasteiger partial charge >= 0.3 is 0 Å². The third-order valence-corrected chi connectivity index (χ3v) is 6.24. The average molecular weight is 436 g/mol. The number of hydrogen-bond acceptors (Lipinski definition) is 3. The summed E-state index contributed by atoms with van der Waals surface area (Å²) in [6.45, 7) is 3.92. The summed E-state index contributed by atoms with van der Waals surface area (Å²) in [5.41, 5.74) is 8.54. The van der Waals surface area contributed by atoms with Crippen LogP contribution in [-0.4, -0.2) is 20.8 Å². The second-order valence-corrected chi connectivity index (χ2v) is 8.04. The molecular formula is C25H26ClN3O2. The van der Waals surface area contributed by atoms with Crippen molar-refractivity contribution in [1.82, 2.24) is 14.5 Å². The van der Waals surface area contributed by atoms with Gasteiger partial charge in [-0.2, -0.15) is 0 Å². The highest BCUT2D eigenvalue weighted by atomic mass is 35.5. The van der Waals surface area contributed by atoms with E-state index in [1.165, 1.54) is 16.6 Å². The maximum atomic E-state index is 13.0. The van der Waals surface area contributed by atoms with Gasteiger partial charge in [-0.25, -0.2) is 0 Å². The number of benzene rings is 2. The summed E-state index contributed by atoms with van der Waals surface area (Å²) in [6, 6.07) is 15.8. The van der Waals surface area contributed by atoms with Gasteiger partial charge in [0.25, 0.3) is 5.56 Å². The van der Waals surface area contributed by atoms with Gasteiger partial charge in [0.15, 0.2) is 0 Å². The standard InChI is InChI=1S/C25H25N3O2.ClH/c1-16-11-17(15-29)3-5-20(16)18-8-10-28(25(30)12-18)19-4-6-21-22-14-26-9-7-23(22)27(2)24(21)13-19;/h3-6,8,10-13,26,29H,7,9,14-15H2,1-2H3;1H. The maximum absolute atomic E-state index is 13.0. The summed E-state index contributed by atoms with van der Waals surface area (Å²) in [4.78, 5) is 13.0. The topological polar surface area (TPSA) is 59.2 Å². The molecule has 0 saturated carbocycles. The smallest absolute Gasteiger partial charge is 0.255 e. The van der Waals surface area contributed by atoms with E-state index in [9.17, 15) is 9.90 Å². The fraction of sp³-hybridized carbons (Fsp3) is 0.240. The third kappa shape index (κ3) is 3.59. The van der Waals surface area contributed by atoms with Crippen LogP contribution in [0.1, 0.15) is 22.4 Å². The first-order chi connectivity index (χ1) is 14.6. The summed E-state index contributed by atoms with van der Waals surface area (Å²) in [6.07, 6.45) is 2.88. The Balaban J connectivity index is 0.00000231. The Morgan fingerprint density at radius 2 is 1.94 bits per heavy atom. The van der Waals surface area contributed by atoms with Gasteiger partial charge in [-0.3, -0.25) is 9.36 Å². The predicted molar refractivity (Wildman–Crippen MR) is 127 cm³/mol. The lowest BCUT2D eigenvalue weighted by Gasteiger charge is -2.14. The SMILES string of the molecule is Cc1cc(CO)ccc1-c1ccn(-c2ccc3c4c(n(C)c3c2)CCNC4)c(=O)c1.Cl. The van der Waals surface area contributed by atoms with Crippen LogP contribution in [0.5, 0.6) is 0 Å². The number of aryl methyl sites for hydroxylation is 2. The van der Waals surface area contributed by atoms with Crippen molar-refractivity contribution in [3.63, 3.8) is 0 Å². The number of aliphatic hydroxyl groups is 1. The summed E-state index contributed by atoms with van der Waals surface area (Å²) in [7, 11) is 2.11. The number of aromatic nitrogens is 2. The second kappa shape index (κ2) is 8.35. The minimum Gasteiger partial charge on any atom is -0.392 e. The van der Waals surface area contributed by atoms with Gasteiger partial charge in [-0.1, -0.05) is 24.3 Å². The van der Waals surface area contributed by atoms with Crippen LogP contribution in [0.2, 0.25) is 0 Å². The molecule has 0 saturated heterocycles. The number of nitrogens with zero attached hydrogens (tertiary/aromatic N) is 2. The molecule has 0 unspecified atom stereocenters. The van der Waals surface area contributed by atoms with Crippen molar-refractivity contribution in [3.8, 4) is 16.8 Å². The second-order valence-electron chi connectivity index (χ2n) is 8.04. The lowest BCUT2D eigenvalue weighted by atomic mass is 9.99. The van der Waals surface area contributed by atoms with Crippen molar-refractivity contribution in [2.24, 2.45) is 7.05 Å². The first-order valence-electron chi connectivity index (χ1n) is 10.3. The quantitative estimate of drug-likeness (QED) is 0.513. The minimum atomic E-state index is -0.0573. The van der Waals surface area contributed by atoms with E-state index in [-0.39, 0.29) is 24.6 Å². The maximum Gasteiger partial charge on any atom is 0.255 e. The van der Waals surface area contributed by atoms with Crippen molar-refractivity contribution in [3.05, 3.63) is 87.5 Å². The van der Waals surface area contributed by atoms with Gasteiger partial charge in [0.2, 0.25) is 0 Å². The molecule has 5 rings (SSSR count). The van der Waals surface area contributed by atoms with E-state index < -0.39 is 0 Å². The summed E-state index contributed by atoms with van der Waals surface area (Å²) < 4.78 is 3.96. The van der Waals surface area contributed by atoms with Gasteiger partial charge in [0.05, 0.1) is 17.8 Å². The van der Waals surface area contributed by atoms with E-state index >= 15 is 0 Å². The molecule has 2 N–H and O–H groups in total. The molecule has 0 aliphatic carbocycles. The molecule has 6 heteroatoms. The van der Waals surface area contributed by atoms with Crippen LogP contribution >= 0.6 is 12.4 Å². The van der Waals surface area contributed by atoms with E-state index in [1.54, 1.807) is 10.6 Å². The molecule has 0 spiro atoms. The summed E-state index contributed by atoms with van der Waals surface area (Å²) >= 11 is 0. The van der Waals surface area contributed by atoms with Gasteiger partial charge in [-0.15, -0.1) is 12.4 Å². The lowest BCUT2D eigenvalue weighted by Crippen LogP contribution is -2.24. The number of fused-ring (bicyclic) bond motifs is 3. The number of aliphatic hydroxyl groups excluding tert-OH is 1. The molecule has 31 heavy (non-hydrogen) atoms. The Kier molecular flexibility index (Phi) is 5.75. The van der Waals surface area contributed by atoms with Gasteiger partial charge < -0.3 is 15.0 Å². The fourth-order valence-electron chi connectivity index (χ4n) is 4.65. The van der Waals surface area contributed by atoms with Crippen LogP contribution in [0.15, 0.2) is 59.5 Å². The van der Waals surface area contributed by atoms with Crippen LogP contribution in [-0.2, 0) is 26.6 Å². The minimum absolute atomic E-state index is 0. The summed E-state index contributed by atoms with van der Waals surface area (Å²) in [5, 5.41) is 14.0. The molecule has 2 aromatic heterocycles. The highest BCUT2D eigenvalue weighted by Crippen LogP contribution is 2.29. The number of hydrogen-bond donors (Lipinski definition) is 2. The molecule has 3 heterocycles. The van der Waals surface area contributed by atoms with E-state index in [0.717, 1.165) is 53.0 Å². The van der Waals surface area contributed by atoms with Crippen molar-refractivity contribution in [2.45, 2.75) is 26.5 Å². The molecule has 0 amide bonds. The van der Waals surface area contributed by atoms with Crippen LogP contribution in [0, 0.1) is 6.92 Å². The van der Waals surface area contributed by atoms with Gasteiger partial charge in [0, 0.05) is 49.9 Å². The Bertz CT molecular complexity index is 1340. The molecule has 2 aromatic carbocycles. The van der Waals surface area contributed by atoms with E-state index in [2.05, 4.69) is 29.1 Å². The Hall–Kier alpha value is -2.86. The number of nitrogens with one attached hydrogen (secondary N) is 1. The molecule has 1 aliphatic rings. The highest BCUT2D eigenvalue weighted by molar-refractivity contribution is 5.87. The largest absolute Gasteiger partial charge is 0.392 e. The van der Waals surface area contributed by atoms with Crippen LogP contribution < -0.4 is 10.9 Å². The van der Waals surface area contributed by atoms with Crippen molar-refractivity contribution in [1.29, 1.82) is 0 Å². The molecular weight excluding hydrogens is 410 g/mol. The number of pyridine rings is 1. The third-order valence-electron chi connectivity index (χ3n) is 6.24. The molecule has 0 radical (unpaired) electrons. The van der Waals surface area contributed by atoms with Crippen molar-refractivity contribution >= 4 is 23.3 Å². The normalized spacial score (nSPS) is 13.1. The van der Waals surface area contributed by atoms with E-state index in [4.69, 9.17) is 0 Å². The Morgan fingerprint density at radius 1 is 1.10 bits per heavy atom. The predicted octanol–water partition coefficient (Wildman–Crippen LogP) is 3.86. The molecule has 4 aromatic rings. The highest BCUT2D eigenvalue weighted by Gasteiger charge is 2.18. The molecule has 0 bridgehead atoms. The first kappa shape index (κ1) is 21.4. The van der Waals surface area contributed by atoms with Crippen LogP contribution in [0.25, 0.3) is 27.7 Å².